The number of morpholine rings is 1. The molecule has 0 atom stereocenters. The molecule has 4 rings (SSSR count). The molecule has 3 aromatic heterocycles. The van der Waals surface area contributed by atoms with Gasteiger partial charge in [0.1, 0.15) is 17.9 Å². The molecule has 4 heterocycles. The van der Waals surface area contributed by atoms with E-state index in [-0.39, 0.29) is 18.0 Å². The molecule has 1 saturated heterocycles. The number of carbonyl (C=O) groups is 1. The van der Waals surface area contributed by atoms with Crippen molar-refractivity contribution in [1.29, 1.82) is 0 Å². The van der Waals surface area contributed by atoms with Gasteiger partial charge in [0.15, 0.2) is 0 Å². The first-order valence-electron chi connectivity index (χ1n) is 8.66. The van der Waals surface area contributed by atoms with E-state index in [4.69, 9.17) is 4.74 Å². The van der Waals surface area contributed by atoms with E-state index in [1.165, 1.54) is 4.68 Å². The van der Waals surface area contributed by atoms with Crippen LogP contribution in [0.3, 0.4) is 0 Å². The standard InChI is InChI=1S/C17H21N5O3S/c1-12-19-21(11-16(23)18-3-4-20-5-7-25-8-6-20)17(24)14-10-15-13(22(12)14)2-9-26-15/h2,9-10H,3-8,11H2,1H3,(H,18,23). The quantitative estimate of drug-likeness (QED) is 0.701. The highest BCUT2D eigenvalue weighted by Gasteiger charge is 2.15. The highest BCUT2D eigenvalue weighted by molar-refractivity contribution is 7.17. The second kappa shape index (κ2) is 7.18. The Labute approximate surface area is 154 Å². The van der Waals surface area contributed by atoms with Gasteiger partial charge in [-0.1, -0.05) is 0 Å². The van der Waals surface area contributed by atoms with Crippen molar-refractivity contribution < 1.29 is 9.53 Å². The molecule has 0 aliphatic carbocycles. The zero-order chi connectivity index (χ0) is 18.1. The number of thiophene rings is 1. The van der Waals surface area contributed by atoms with Gasteiger partial charge < -0.3 is 10.1 Å². The minimum absolute atomic E-state index is 0.0713. The van der Waals surface area contributed by atoms with Crippen LogP contribution >= 0.6 is 11.3 Å². The van der Waals surface area contributed by atoms with Crippen LogP contribution < -0.4 is 10.9 Å². The summed E-state index contributed by atoms with van der Waals surface area (Å²) in [5.41, 5.74) is 1.29. The zero-order valence-electron chi connectivity index (χ0n) is 14.6. The molecular weight excluding hydrogens is 354 g/mol. The summed E-state index contributed by atoms with van der Waals surface area (Å²) >= 11 is 1.59. The Morgan fingerprint density at radius 1 is 1.35 bits per heavy atom. The second-order valence-corrected chi connectivity index (χ2v) is 7.30. The second-order valence-electron chi connectivity index (χ2n) is 6.35. The molecule has 8 nitrogen and oxygen atoms in total. The summed E-state index contributed by atoms with van der Waals surface area (Å²) < 4.78 is 9.44. The van der Waals surface area contributed by atoms with E-state index in [2.05, 4.69) is 15.3 Å². The van der Waals surface area contributed by atoms with Gasteiger partial charge in [-0.3, -0.25) is 18.9 Å². The molecule has 1 aliphatic heterocycles. The van der Waals surface area contributed by atoms with Crippen LogP contribution in [0.5, 0.6) is 0 Å². The largest absolute Gasteiger partial charge is 0.379 e. The number of ether oxygens (including phenoxy) is 1. The maximum atomic E-state index is 12.7. The summed E-state index contributed by atoms with van der Waals surface area (Å²) in [6.07, 6.45) is 0. The normalized spacial score (nSPS) is 15.7. The Bertz CT molecular complexity index is 999. The Balaban J connectivity index is 1.45. The van der Waals surface area contributed by atoms with Crippen molar-refractivity contribution in [1.82, 2.24) is 24.4 Å². The maximum absolute atomic E-state index is 12.7. The molecule has 1 amide bonds. The number of carbonyl (C=O) groups excluding carboxylic acids is 1. The summed E-state index contributed by atoms with van der Waals surface area (Å²) in [5, 5.41) is 9.18. The predicted octanol–water partition coefficient (Wildman–Crippen LogP) is 0.468. The molecule has 0 bridgehead atoms. The topological polar surface area (TPSA) is 80.9 Å². The van der Waals surface area contributed by atoms with Gasteiger partial charge in [0.25, 0.3) is 5.56 Å². The first-order valence-corrected chi connectivity index (χ1v) is 9.54. The van der Waals surface area contributed by atoms with E-state index >= 15 is 0 Å². The average Bonchev–Trinajstić information content (AvgIpc) is 3.21. The lowest BCUT2D eigenvalue weighted by Gasteiger charge is -2.26. The molecule has 26 heavy (non-hydrogen) atoms. The molecule has 138 valence electrons. The number of aryl methyl sites for hydroxylation is 1. The molecular formula is C17H21N5O3S. The van der Waals surface area contributed by atoms with Crippen molar-refractivity contribution in [3.8, 4) is 0 Å². The molecule has 0 radical (unpaired) electrons. The summed E-state index contributed by atoms with van der Waals surface area (Å²) in [4.78, 5) is 27.2. The number of hydrogen-bond donors (Lipinski definition) is 1. The summed E-state index contributed by atoms with van der Waals surface area (Å²) in [6, 6.07) is 3.84. The van der Waals surface area contributed by atoms with Crippen LogP contribution in [-0.2, 0) is 16.1 Å². The minimum Gasteiger partial charge on any atom is -0.379 e. The van der Waals surface area contributed by atoms with Crippen molar-refractivity contribution in [2.75, 3.05) is 39.4 Å². The van der Waals surface area contributed by atoms with Crippen molar-refractivity contribution in [2.24, 2.45) is 0 Å². The summed E-state index contributed by atoms with van der Waals surface area (Å²) in [7, 11) is 0. The van der Waals surface area contributed by atoms with Crippen LogP contribution in [0.4, 0.5) is 0 Å². The van der Waals surface area contributed by atoms with E-state index < -0.39 is 0 Å². The first kappa shape index (κ1) is 17.2. The lowest BCUT2D eigenvalue weighted by Crippen LogP contribution is -2.42. The van der Waals surface area contributed by atoms with Crippen LogP contribution in [-0.4, -0.2) is 64.4 Å². The molecule has 1 aliphatic rings. The Morgan fingerprint density at radius 3 is 2.96 bits per heavy atom. The Kier molecular flexibility index (Phi) is 4.75. The van der Waals surface area contributed by atoms with E-state index in [1.807, 2.05) is 28.8 Å². The van der Waals surface area contributed by atoms with Crippen LogP contribution in [0.2, 0.25) is 0 Å². The fraction of sp³-hybridized carbons (Fsp3) is 0.471. The zero-order valence-corrected chi connectivity index (χ0v) is 15.4. The van der Waals surface area contributed by atoms with Gasteiger partial charge in [-0.15, -0.1) is 11.3 Å². The first-order chi connectivity index (χ1) is 12.6. The van der Waals surface area contributed by atoms with E-state index in [1.54, 1.807) is 11.3 Å². The van der Waals surface area contributed by atoms with E-state index in [0.29, 0.717) is 17.9 Å². The van der Waals surface area contributed by atoms with Crippen LogP contribution in [0.25, 0.3) is 15.7 Å². The lowest BCUT2D eigenvalue weighted by atomic mass is 10.4. The molecule has 3 aromatic rings. The fourth-order valence-corrected chi connectivity index (χ4v) is 4.11. The third kappa shape index (κ3) is 3.25. The lowest BCUT2D eigenvalue weighted by molar-refractivity contribution is -0.122. The van der Waals surface area contributed by atoms with Gasteiger partial charge >= 0.3 is 0 Å². The molecule has 0 unspecified atom stereocenters. The molecule has 1 fully saturated rings. The van der Waals surface area contributed by atoms with Gasteiger partial charge in [0, 0.05) is 26.2 Å². The van der Waals surface area contributed by atoms with Crippen LogP contribution in [0.15, 0.2) is 22.3 Å². The van der Waals surface area contributed by atoms with Crippen molar-refractivity contribution in [3.05, 3.63) is 33.7 Å². The van der Waals surface area contributed by atoms with Gasteiger partial charge in [-0.25, -0.2) is 4.68 Å². The minimum atomic E-state index is -0.248. The van der Waals surface area contributed by atoms with Gasteiger partial charge in [-0.2, -0.15) is 5.10 Å². The van der Waals surface area contributed by atoms with Gasteiger partial charge in [-0.05, 0) is 24.4 Å². The molecule has 0 aromatic carbocycles. The van der Waals surface area contributed by atoms with Crippen molar-refractivity contribution in [2.45, 2.75) is 13.5 Å². The number of hydrogen-bond acceptors (Lipinski definition) is 6. The van der Waals surface area contributed by atoms with Crippen LogP contribution in [0.1, 0.15) is 5.82 Å². The molecule has 0 saturated carbocycles. The summed E-state index contributed by atoms with van der Waals surface area (Å²) in [5.74, 6) is 0.485. The molecule has 0 spiro atoms. The average molecular weight is 375 g/mol. The summed E-state index contributed by atoms with van der Waals surface area (Å²) in [6.45, 7) is 6.35. The van der Waals surface area contributed by atoms with Crippen molar-refractivity contribution in [3.63, 3.8) is 0 Å². The molecule has 1 N–H and O–H groups in total. The van der Waals surface area contributed by atoms with Crippen molar-refractivity contribution >= 4 is 33.0 Å². The van der Waals surface area contributed by atoms with Crippen LogP contribution in [0, 0.1) is 6.92 Å². The van der Waals surface area contributed by atoms with Gasteiger partial charge in [0.05, 0.1) is 23.4 Å². The number of nitrogens with zero attached hydrogens (tertiary/aromatic N) is 4. The Hall–Kier alpha value is -2.23. The predicted molar refractivity (Wildman–Crippen MR) is 99.8 cm³/mol. The smallest absolute Gasteiger partial charge is 0.291 e. The monoisotopic (exact) mass is 375 g/mol. The Morgan fingerprint density at radius 2 is 2.15 bits per heavy atom. The van der Waals surface area contributed by atoms with Gasteiger partial charge in [0.2, 0.25) is 5.91 Å². The number of fused-ring (bicyclic) bond motifs is 3. The number of amides is 1. The van der Waals surface area contributed by atoms with E-state index in [0.717, 1.165) is 43.1 Å². The number of nitrogens with one attached hydrogen (secondary N) is 1. The third-order valence-electron chi connectivity index (χ3n) is 4.61. The number of aromatic nitrogens is 3. The third-order valence-corrected chi connectivity index (χ3v) is 5.47. The van der Waals surface area contributed by atoms with E-state index in [9.17, 15) is 9.59 Å². The fourth-order valence-electron chi connectivity index (χ4n) is 3.31. The highest BCUT2D eigenvalue weighted by atomic mass is 32.1. The SMILES string of the molecule is Cc1nn(CC(=O)NCCN2CCOCC2)c(=O)c2cc3sccc3n12. The maximum Gasteiger partial charge on any atom is 0.291 e. The highest BCUT2D eigenvalue weighted by Crippen LogP contribution is 2.24. The number of rotatable bonds is 5. The molecule has 9 heteroatoms.